The SMILES string of the molecule is NC(=O)c1cc(CC2CCCN(c3ccncn3)CC2)ncn1. The molecule has 2 aromatic rings. The molecule has 3 heterocycles. The number of anilines is 1. The molecule has 1 unspecified atom stereocenters. The van der Waals surface area contributed by atoms with Gasteiger partial charge >= 0.3 is 0 Å². The molecule has 7 nitrogen and oxygen atoms in total. The highest BCUT2D eigenvalue weighted by atomic mass is 16.1. The van der Waals surface area contributed by atoms with Gasteiger partial charge in [-0.25, -0.2) is 19.9 Å². The van der Waals surface area contributed by atoms with Gasteiger partial charge in [0.2, 0.25) is 0 Å². The van der Waals surface area contributed by atoms with E-state index in [0.717, 1.165) is 50.3 Å². The molecular weight excluding hydrogens is 292 g/mol. The zero-order chi connectivity index (χ0) is 16.1. The Kier molecular flexibility index (Phi) is 4.75. The van der Waals surface area contributed by atoms with Gasteiger partial charge in [0.15, 0.2) is 0 Å². The first kappa shape index (κ1) is 15.3. The highest BCUT2D eigenvalue weighted by molar-refractivity contribution is 5.90. The molecule has 23 heavy (non-hydrogen) atoms. The van der Waals surface area contributed by atoms with E-state index in [1.165, 1.54) is 6.33 Å². The van der Waals surface area contributed by atoms with Crippen LogP contribution in [0.25, 0.3) is 0 Å². The lowest BCUT2D eigenvalue weighted by molar-refractivity contribution is 0.0995. The van der Waals surface area contributed by atoms with Crippen LogP contribution in [0.2, 0.25) is 0 Å². The molecule has 1 fully saturated rings. The minimum absolute atomic E-state index is 0.284. The Balaban J connectivity index is 1.62. The molecule has 0 saturated carbocycles. The molecule has 7 heteroatoms. The van der Waals surface area contributed by atoms with Crippen LogP contribution in [0.4, 0.5) is 5.82 Å². The first-order valence-corrected chi connectivity index (χ1v) is 7.84. The summed E-state index contributed by atoms with van der Waals surface area (Å²) >= 11 is 0. The highest BCUT2D eigenvalue weighted by Gasteiger charge is 2.19. The van der Waals surface area contributed by atoms with E-state index >= 15 is 0 Å². The third-order valence-corrected chi connectivity index (χ3v) is 4.21. The average Bonchev–Trinajstić information content (AvgIpc) is 2.81. The topological polar surface area (TPSA) is 97.9 Å². The number of hydrogen-bond acceptors (Lipinski definition) is 6. The lowest BCUT2D eigenvalue weighted by atomic mass is 9.95. The van der Waals surface area contributed by atoms with Crippen LogP contribution in [0.1, 0.15) is 35.4 Å². The largest absolute Gasteiger partial charge is 0.364 e. The molecule has 0 radical (unpaired) electrons. The van der Waals surface area contributed by atoms with Gasteiger partial charge in [-0.2, -0.15) is 0 Å². The van der Waals surface area contributed by atoms with Gasteiger partial charge in [0.05, 0.1) is 0 Å². The monoisotopic (exact) mass is 312 g/mol. The normalized spacial score (nSPS) is 18.4. The van der Waals surface area contributed by atoms with Gasteiger partial charge in [0.25, 0.3) is 5.91 Å². The number of hydrogen-bond donors (Lipinski definition) is 1. The molecule has 1 aliphatic heterocycles. The third-order valence-electron chi connectivity index (χ3n) is 4.21. The summed E-state index contributed by atoms with van der Waals surface area (Å²) in [6.07, 6.45) is 8.94. The Morgan fingerprint density at radius 2 is 2.13 bits per heavy atom. The van der Waals surface area contributed by atoms with E-state index in [-0.39, 0.29) is 5.69 Å². The quantitative estimate of drug-likeness (QED) is 0.911. The first-order valence-electron chi connectivity index (χ1n) is 7.84. The maximum Gasteiger partial charge on any atom is 0.267 e. The van der Waals surface area contributed by atoms with Crippen molar-refractivity contribution >= 4 is 11.7 Å². The standard InChI is InChI=1S/C16H20N6O/c17-16(23)14-9-13(19-11-20-14)8-12-2-1-6-22(7-4-12)15-3-5-18-10-21-15/h3,5,9-12H,1-2,4,6-8H2,(H2,17,23). The van der Waals surface area contributed by atoms with E-state index in [9.17, 15) is 4.79 Å². The summed E-state index contributed by atoms with van der Waals surface area (Å²) < 4.78 is 0. The van der Waals surface area contributed by atoms with Crippen molar-refractivity contribution in [2.75, 3.05) is 18.0 Å². The van der Waals surface area contributed by atoms with E-state index in [1.807, 2.05) is 6.07 Å². The van der Waals surface area contributed by atoms with Crippen LogP contribution in [0.3, 0.4) is 0 Å². The minimum Gasteiger partial charge on any atom is -0.364 e. The molecule has 1 saturated heterocycles. The van der Waals surface area contributed by atoms with E-state index in [1.54, 1.807) is 18.6 Å². The van der Waals surface area contributed by atoms with Crippen LogP contribution < -0.4 is 10.6 Å². The van der Waals surface area contributed by atoms with Crippen LogP contribution in [-0.4, -0.2) is 38.9 Å². The summed E-state index contributed by atoms with van der Waals surface area (Å²) in [6, 6.07) is 3.65. The number of rotatable bonds is 4. The molecule has 3 rings (SSSR count). The summed E-state index contributed by atoms with van der Waals surface area (Å²) in [5.74, 6) is 1.01. The fourth-order valence-electron chi connectivity index (χ4n) is 3.01. The number of aromatic nitrogens is 4. The van der Waals surface area contributed by atoms with Gasteiger partial charge < -0.3 is 10.6 Å². The van der Waals surface area contributed by atoms with Crippen molar-refractivity contribution in [3.8, 4) is 0 Å². The maximum atomic E-state index is 11.2. The Hall–Kier alpha value is -2.57. The molecule has 2 N–H and O–H groups in total. The fourth-order valence-corrected chi connectivity index (χ4v) is 3.01. The van der Waals surface area contributed by atoms with Gasteiger partial charge in [-0.05, 0) is 43.7 Å². The van der Waals surface area contributed by atoms with Crippen molar-refractivity contribution in [3.63, 3.8) is 0 Å². The van der Waals surface area contributed by atoms with Crippen LogP contribution >= 0.6 is 0 Å². The third kappa shape index (κ3) is 4.00. The van der Waals surface area contributed by atoms with E-state index in [0.29, 0.717) is 5.92 Å². The lowest BCUT2D eigenvalue weighted by Gasteiger charge is -2.21. The number of primary amides is 1. The average molecular weight is 312 g/mol. The highest BCUT2D eigenvalue weighted by Crippen LogP contribution is 2.23. The van der Waals surface area contributed by atoms with Gasteiger partial charge in [-0.15, -0.1) is 0 Å². The Morgan fingerprint density at radius 1 is 1.22 bits per heavy atom. The van der Waals surface area contributed by atoms with E-state index in [2.05, 4.69) is 24.8 Å². The van der Waals surface area contributed by atoms with Crippen LogP contribution in [0.15, 0.2) is 31.0 Å². The Morgan fingerprint density at radius 3 is 2.91 bits per heavy atom. The van der Waals surface area contributed by atoms with Crippen molar-refractivity contribution in [3.05, 3.63) is 42.4 Å². The number of carbonyl (C=O) groups excluding carboxylic acids is 1. The molecule has 1 aliphatic rings. The Bertz CT molecular complexity index is 663. The first-order chi connectivity index (χ1) is 11.2. The van der Waals surface area contributed by atoms with Crippen molar-refractivity contribution in [1.82, 2.24) is 19.9 Å². The molecule has 0 spiro atoms. The van der Waals surface area contributed by atoms with Crippen molar-refractivity contribution < 1.29 is 4.79 Å². The summed E-state index contributed by atoms with van der Waals surface area (Å²) in [4.78, 5) is 30.0. The molecule has 0 bridgehead atoms. The smallest absolute Gasteiger partial charge is 0.267 e. The Labute approximate surface area is 135 Å². The van der Waals surface area contributed by atoms with E-state index in [4.69, 9.17) is 5.73 Å². The van der Waals surface area contributed by atoms with Crippen LogP contribution in [0, 0.1) is 5.92 Å². The van der Waals surface area contributed by atoms with Gasteiger partial charge in [0.1, 0.15) is 24.2 Å². The van der Waals surface area contributed by atoms with Crippen molar-refractivity contribution in [2.45, 2.75) is 25.7 Å². The molecular formula is C16H20N6O. The van der Waals surface area contributed by atoms with E-state index < -0.39 is 5.91 Å². The zero-order valence-electron chi connectivity index (χ0n) is 12.9. The van der Waals surface area contributed by atoms with Crippen molar-refractivity contribution in [2.24, 2.45) is 11.7 Å². The maximum absolute atomic E-state index is 11.2. The lowest BCUT2D eigenvalue weighted by Crippen LogP contribution is -2.25. The molecule has 1 amide bonds. The summed E-state index contributed by atoms with van der Waals surface area (Å²) in [7, 11) is 0. The molecule has 0 aromatic carbocycles. The summed E-state index contributed by atoms with van der Waals surface area (Å²) in [5, 5.41) is 0. The van der Waals surface area contributed by atoms with Crippen LogP contribution in [-0.2, 0) is 6.42 Å². The second-order valence-electron chi connectivity index (χ2n) is 5.81. The predicted octanol–water partition coefficient (Wildman–Crippen LogP) is 1.21. The number of carbonyl (C=O) groups is 1. The predicted molar refractivity (Wildman–Crippen MR) is 85.8 cm³/mol. The summed E-state index contributed by atoms with van der Waals surface area (Å²) in [6.45, 7) is 1.97. The number of nitrogens with zero attached hydrogens (tertiary/aromatic N) is 5. The number of amides is 1. The van der Waals surface area contributed by atoms with Gasteiger partial charge in [-0.1, -0.05) is 0 Å². The molecule has 2 aromatic heterocycles. The number of nitrogens with two attached hydrogens (primary N) is 1. The molecule has 120 valence electrons. The summed E-state index contributed by atoms with van der Waals surface area (Å²) in [5.41, 5.74) is 6.44. The van der Waals surface area contributed by atoms with Crippen molar-refractivity contribution in [1.29, 1.82) is 0 Å². The second kappa shape index (κ2) is 7.13. The zero-order valence-corrected chi connectivity index (χ0v) is 12.9. The second-order valence-corrected chi connectivity index (χ2v) is 5.81. The van der Waals surface area contributed by atoms with Crippen LogP contribution in [0.5, 0.6) is 0 Å². The molecule has 0 aliphatic carbocycles. The van der Waals surface area contributed by atoms with Gasteiger partial charge in [-0.3, -0.25) is 4.79 Å². The fraction of sp³-hybridized carbons (Fsp3) is 0.438. The van der Waals surface area contributed by atoms with Gasteiger partial charge in [0, 0.05) is 25.0 Å². The molecule has 1 atom stereocenters. The minimum atomic E-state index is -0.510.